The lowest BCUT2D eigenvalue weighted by Gasteiger charge is -2.36. The van der Waals surface area contributed by atoms with Crippen LogP contribution in [-0.2, 0) is 0 Å². The average molecular weight is 216 g/mol. The maximum atomic E-state index is 8.21. The molecule has 1 heterocycles. The predicted molar refractivity (Wildman–Crippen MR) is 67.8 cm³/mol. The van der Waals surface area contributed by atoms with Gasteiger partial charge in [0.05, 0.1) is 0 Å². The Hall–Kier alpha value is -1.31. The van der Waals surface area contributed by atoms with Crippen molar-refractivity contribution in [3.63, 3.8) is 0 Å². The molecule has 1 aromatic carbocycles. The van der Waals surface area contributed by atoms with Crippen molar-refractivity contribution >= 4 is 5.84 Å². The van der Waals surface area contributed by atoms with E-state index in [1.807, 2.05) is 30.3 Å². The minimum atomic E-state index is 0.680. The normalized spacial score (nSPS) is 25.5. The number of nitrogens with one attached hydrogen (secondary N) is 1. The number of piperidine rings is 1. The molecule has 1 saturated heterocycles. The van der Waals surface area contributed by atoms with Gasteiger partial charge in [0, 0.05) is 18.7 Å². The second-order valence-corrected chi connectivity index (χ2v) is 4.90. The first-order chi connectivity index (χ1) is 7.68. The van der Waals surface area contributed by atoms with E-state index in [0.717, 1.165) is 24.6 Å². The van der Waals surface area contributed by atoms with Crippen molar-refractivity contribution < 1.29 is 0 Å². The molecule has 0 saturated carbocycles. The van der Waals surface area contributed by atoms with Gasteiger partial charge in [0.15, 0.2) is 0 Å². The van der Waals surface area contributed by atoms with Crippen molar-refractivity contribution in [2.45, 2.75) is 20.3 Å². The maximum Gasteiger partial charge on any atom is 0.128 e. The van der Waals surface area contributed by atoms with Crippen LogP contribution < -0.4 is 0 Å². The lowest BCUT2D eigenvalue weighted by Crippen LogP contribution is -2.42. The number of hydrogen-bond acceptors (Lipinski definition) is 1. The molecule has 2 atom stereocenters. The highest BCUT2D eigenvalue weighted by Crippen LogP contribution is 2.23. The summed E-state index contributed by atoms with van der Waals surface area (Å²) in [6.45, 7) is 6.65. The van der Waals surface area contributed by atoms with Gasteiger partial charge in [0.25, 0.3) is 0 Å². The fraction of sp³-hybridized carbons (Fsp3) is 0.500. The SMILES string of the molecule is CC1CCN(C(=N)c2ccccc2)CC1C. The van der Waals surface area contributed by atoms with Crippen LogP contribution in [0.4, 0.5) is 0 Å². The molecule has 16 heavy (non-hydrogen) atoms. The maximum absolute atomic E-state index is 8.21. The fourth-order valence-electron chi connectivity index (χ4n) is 2.24. The summed E-state index contributed by atoms with van der Waals surface area (Å²) >= 11 is 0. The number of likely N-dealkylation sites (tertiary alicyclic amines) is 1. The van der Waals surface area contributed by atoms with Crippen molar-refractivity contribution in [2.24, 2.45) is 11.8 Å². The van der Waals surface area contributed by atoms with Crippen LogP contribution in [0.3, 0.4) is 0 Å². The highest BCUT2D eigenvalue weighted by molar-refractivity contribution is 5.96. The largest absolute Gasteiger partial charge is 0.356 e. The van der Waals surface area contributed by atoms with Gasteiger partial charge in [-0.15, -0.1) is 0 Å². The van der Waals surface area contributed by atoms with E-state index in [1.54, 1.807) is 0 Å². The number of hydrogen-bond donors (Lipinski definition) is 1. The first-order valence-corrected chi connectivity index (χ1v) is 6.07. The second kappa shape index (κ2) is 4.69. The van der Waals surface area contributed by atoms with E-state index < -0.39 is 0 Å². The standard InChI is InChI=1S/C14H20N2/c1-11-8-9-16(10-12(11)2)14(15)13-6-4-3-5-7-13/h3-7,11-12,15H,8-10H2,1-2H3. The lowest BCUT2D eigenvalue weighted by atomic mass is 9.88. The highest BCUT2D eigenvalue weighted by Gasteiger charge is 2.24. The molecule has 1 aromatic rings. The zero-order chi connectivity index (χ0) is 11.5. The van der Waals surface area contributed by atoms with Crippen LogP contribution in [-0.4, -0.2) is 23.8 Å². The lowest BCUT2D eigenvalue weighted by molar-refractivity contribution is 0.204. The first-order valence-electron chi connectivity index (χ1n) is 6.07. The van der Waals surface area contributed by atoms with Gasteiger partial charge in [0.1, 0.15) is 5.84 Å². The molecule has 1 fully saturated rings. The molecule has 86 valence electrons. The average Bonchev–Trinajstić information content (AvgIpc) is 2.33. The van der Waals surface area contributed by atoms with Crippen LogP contribution in [0, 0.1) is 17.2 Å². The van der Waals surface area contributed by atoms with E-state index in [4.69, 9.17) is 5.41 Å². The summed E-state index contributed by atoms with van der Waals surface area (Å²) in [4.78, 5) is 2.21. The van der Waals surface area contributed by atoms with Gasteiger partial charge in [-0.25, -0.2) is 0 Å². The van der Waals surface area contributed by atoms with Gasteiger partial charge in [-0.3, -0.25) is 5.41 Å². The molecule has 0 amide bonds. The summed E-state index contributed by atoms with van der Waals surface area (Å²) in [6, 6.07) is 10.0. The highest BCUT2D eigenvalue weighted by atomic mass is 15.2. The molecular formula is C14H20N2. The Morgan fingerprint density at radius 2 is 1.88 bits per heavy atom. The predicted octanol–water partition coefficient (Wildman–Crippen LogP) is 2.99. The molecule has 2 unspecified atom stereocenters. The van der Waals surface area contributed by atoms with Crippen molar-refractivity contribution in [2.75, 3.05) is 13.1 Å². The quantitative estimate of drug-likeness (QED) is 0.567. The van der Waals surface area contributed by atoms with E-state index >= 15 is 0 Å². The zero-order valence-electron chi connectivity index (χ0n) is 10.1. The summed E-state index contributed by atoms with van der Waals surface area (Å²) in [6.07, 6.45) is 1.20. The third kappa shape index (κ3) is 2.26. The minimum absolute atomic E-state index is 0.680. The number of nitrogens with zero attached hydrogens (tertiary/aromatic N) is 1. The van der Waals surface area contributed by atoms with Gasteiger partial charge in [-0.05, 0) is 18.3 Å². The van der Waals surface area contributed by atoms with Crippen molar-refractivity contribution in [1.82, 2.24) is 4.90 Å². The van der Waals surface area contributed by atoms with Gasteiger partial charge >= 0.3 is 0 Å². The van der Waals surface area contributed by atoms with Crippen LogP contribution in [0.15, 0.2) is 30.3 Å². The van der Waals surface area contributed by atoms with Crippen LogP contribution >= 0.6 is 0 Å². The third-order valence-corrected chi connectivity index (χ3v) is 3.70. The Morgan fingerprint density at radius 3 is 2.50 bits per heavy atom. The summed E-state index contributed by atoms with van der Waals surface area (Å²) in [5, 5.41) is 8.21. The summed E-state index contributed by atoms with van der Waals surface area (Å²) in [5.74, 6) is 2.16. The van der Waals surface area contributed by atoms with Gasteiger partial charge < -0.3 is 4.90 Å². The Morgan fingerprint density at radius 1 is 1.19 bits per heavy atom. The van der Waals surface area contributed by atoms with Gasteiger partial charge in [0.2, 0.25) is 0 Å². The molecule has 0 aromatic heterocycles. The number of amidine groups is 1. The molecule has 1 aliphatic rings. The molecule has 0 bridgehead atoms. The third-order valence-electron chi connectivity index (χ3n) is 3.70. The molecule has 2 nitrogen and oxygen atoms in total. The molecule has 2 rings (SSSR count). The molecular weight excluding hydrogens is 196 g/mol. The topological polar surface area (TPSA) is 27.1 Å². The second-order valence-electron chi connectivity index (χ2n) is 4.90. The minimum Gasteiger partial charge on any atom is -0.356 e. The monoisotopic (exact) mass is 216 g/mol. The van der Waals surface area contributed by atoms with Crippen LogP contribution in [0.1, 0.15) is 25.8 Å². The first kappa shape index (κ1) is 11.2. The summed E-state index contributed by atoms with van der Waals surface area (Å²) < 4.78 is 0. The summed E-state index contributed by atoms with van der Waals surface area (Å²) in [7, 11) is 0. The molecule has 1 aliphatic heterocycles. The Balaban J connectivity index is 2.06. The number of benzene rings is 1. The molecule has 1 N–H and O–H groups in total. The fourth-order valence-corrected chi connectivity index (χ4v) is 2.24. The number of rotatable bonds is 1. The Labute approximate surface area is 97.8 Å². The van der Waals surface area contributed by atoms with E-state index in [1.165, 1.54) is 6.42 Å². The van der Waals surface area contributed by atoms with Gasteiger partial charge in [-0.2, -0.15) is 0 Å². The van der Waals surface area contributed by atoms with E-state index in [-0.39, 0.29) is 0 Å². The van der Waals surface area contributed by atoms with E-state index in [9.17, 15) is 0 Å². The van der Waals surface area contributed by atoms with Crippen molar-refractivity contribution in [3.8, 4) is 0 Å². The van der Waals surface area contributed by atoms with Gasteiger partial charge in [-0.1, -0.05) is 44.2 Å². The summed E-state index contributed by atoms with van der Waals surface area (Å²) in [5.41, 5.74) is 1.03. The van der Waals surface area contributed by atoms with Crippen LogP contribution in [0.5, 0.6) is 0 Å². The Bertz CT molecular complexity index is 358. The van der Waals surface area contributed by atoms with E-state index in [2.05, 4.69) is 18.7 Å². The van der Waals surface area contributed by atoms with Crippen LogP contribution in [0.25, 0.3) is 0 Å². The smallest absolute Gasteiger partial charge is 0.128 e. The van der Waals surface area contributed by atoms with Crippen molar-refractivity contribution in [1.29, 1.82) is 5.41 Å². The molecule has 0 spiro atoms. The molecule has 0 radical (unpaired) electrons. The molecule has 2 heteroatoms. The van der Waals surface area contributed by atoms with Crippen molar-refractivity contribution in [3.05, 3.63) is 35.9 Å². The zero-order valence-corrected chi connectivity index (χ0v) is 10.1. The van der Waals surface area contributed by atoms with E-state index in [0.29, 0.717) is 11.8 Å². The van der Waals surface area contributed by atoms with Crippen LogP contribution in [0.2, 0.25) is 0 Å². The molecule has 0 aliphatic carbocycles. The Kier molecular flexibility index (Phi) is 3.28.